The summed E-state index contributed by atoms with van der Waals surface area (Å²) < 4.78 is 21.4. The van der Waals surface area contributed by atoms with Crippen molar-refractivity contribution >= 4 is 33.2 Å². The minimum Gasteiger partial charge on any atom is -0.489 e. The molecule has 5 rings (SSSR count). The molecule has 0 radical (unpaired) electrons. The van der Waals surface area contributed by atoms with E-state index in [1.54, 1.807) is 23.1 Å². The Kier molecular flexibility index (Phi) is 6.77. The van der Waals surface area contributed by atoms with E-state index in [-0.39, 0.29) is 30.3 Å². The number of halogens is 1. The molecule has 2 amide bonds. The van der Waals surface area contributed by atoms with Crippen molar-refractivity contribution in [1.29, 1.82) is 0 Å². The zero-order chi connectivity index (χ0) is 24.2. The van der Waals surface area contributed by atoms with Crippen LogP contribution in [0.5, 0.6) is 5.75 Å². The van der Waals surface area contributed by atoms with Gasteiger partial charge in [-0.1, -0.05) is 42.5 Å². The molecule has 3 aromatic carbocycles. The Morgan fingerprint density at radius 1 is 0.943 bits per heavy atom. The Bertz CT molecular complexity index is 1330. The zero-order valence-corrected chi connectivity index (χ0v) is 19.9. The number of ether oxygens (including phenoxy) is 1. The van der Waals surface area contributed by atoms with E-state index in [1.165, 1.54) is 17.4 Å². The number of thiophene rings is 1. The van der Waals surface area contributed by atoms with Crippen LogP contribution in [0.1, 0.15) is 38.4 Å². The van der Waals surface area contributed by atoms with Gasteiger partial charge in [0.1, 0.15) is 18.2 Å². The quantitative estimate of drug-likeness (QED) is 0.381. The van der Waals surface area contributed by atoms with E-state index in [0.29, 0.717) is 53.1 Å². The smallest absolute Gasteiger partial charge is 0.264 e. The first kappa shape index (κ1) is 23.1. The molecule has 2 heterocycles. The summed E-state index contributed by atoms with van der Waals surface area (Å²) in [6.07, 6.45) is 1.33. The van der Waals surface area contributed by atoms with Gasteiger partial charge in [0, 0.05) is 40.3 Å². The number of likely N-dealkylation sites (tertiary alicyclic amines) is 1. The summed E-state index contributed by atoms with van der Waals surface area (Å²) in [6, 6.07) is 23.3. The van der Waals surface area contributed by atoms with Crippen LogP contribution in [0.4, 0.5) is 4.39 Å². The second-order valence-corrected chi connectivity index (χ2v) is 9.58. The van der Waals surface area contributed by atoms with Crippen molar-refractivity contribution in [1.82, 2.24) is 10.2 Å². The van der Waals surface area contributed by atoms with Gasteiger partial charge in [-0.15, -0.1) is 11.3 Å². The van der Waals surface area contributed by atoms with E-state index in [2.05, 4.69) is 5.32 Å². The van der Waals surface area contributed by atoms with Crippen molar-refractivity contribution in [2.24, 2.45) is 0 Å². The molecule has 178 valence electrons. The first-order chi connectivity index (χ1) is 17.1. The number of amides is 2. The third-order valence-corrected chi connectivity index (χ3v) is 7.42. The molecule has 0 spiro atoms. The van der Waals surface area contributed by atoms with Crippen LogP contribution in [0.3, 0.4) is 0 Å². The minimum atomic E-state index is -0.355. The average molecular weight is 489 g/mol. The fraction of sp³-hybridized carbons (Fsp3) is 0.214. The number of nitrogens with zero attached hydrogens (tertiary/aromatic N) is 1. The van der Waals surface area contributed by atoms with Crippen LogP contribution in [-0.2, 0) is 6.61 Å². The van der Waals surface area contributed by atoms with Crippen molar-refractivity contribution in [2.75, 3.05) is 13.1 Å². The summed E-state index contributed by atoms with van der Waals surface area (Å²) in [6.45, 7) is 1.15. The average Bonchev–Trinajstić information content (AvgIpc) is 3.28. The molecule has 0 atom stereocenters. The van der Waals surface area contributed by atoms with Crippen molar-refractivity contribution < 1.29 is 18.7 Å². The van der Waals surface area contributed by atoms with Gasteiger partial charge < -0.3 is 15.0 Å². The van der Waals surface area contributed by atoms with E-state index in [9.17, 15) is 14.0 Å². The van der Waals surface area contributed by atoms with Gasteiger partial charge in [-0.05, 0) is 49.2 Å². The van der Waals surface area contributed by atoms with Gasteiger partial charge in [0.15, 0.2) is 0 Å². The number of para-hydroxylation sites is 1. The zero-order valence-electron chi connectivity index (χ0n) is 19.1. The van der Waals surface area contributed by atoms with Crippen LogP contribution in [-0.4, -0.2) is 35.8 Å². The van der Waals surface area contributed by atoms with Gasteiger partial charge in [-0.3, -0.25) is 9.59 Å². The molecule has 7 heteroatoms. The monoisotopic (exact) mass is 488 g/mol. The molecule has 35 heavy (non-hydrogen) atoms. The molecule has 0 saturated carbocycles. The number of nitrogens with one attached hydrogen (secondary N) is 1. The standard InChI is InChI=1S/C28H25FN2O3S/c29-23-12-7-13-24-25(23)22(18-34-21-10-5-2-6-11-21)26(35-24)28(33)31-16-14-20(15-17-31)30-27(32)19-8-3-1-4-9-19/h1-13,20H,14-18H2,(H,30,32). The molecule has 1 aromatic heterocycles. The molecule has 0 aliphatic carbocycles. The number of piperidine rings is 1. The third-order valence-electron chi connectivity index (χ3n) is 6.24. The first-order valence-electron chi connectivity index (χ1n) is 11.6. The van der Waals surface area contributed by atoms with Gasteiger partial charge in [-0.25, -0.2) is 4.39 Å². The first-order valence-corrected chi connectivity index (χ1v) is 12.4. The molecular weight excluding hydrogens is 463 g/mol. The van der Waals surface area contributed by atoms with Gasteiger partial charge >= 0.3 is 0 Å². The topological polar surface area (TPSA) is 58.6 Å². The van der Waals surface area contributed by atoms with Crippen molar-refractivity contribution in [3.8, 4) is 5.75 Å². The third kappa shape index (κ3) is 5.05. The SMILES string of the molecule is O=C(NC1CCN(C(=O)c2sc3cccc(F)c3c2COc2ccccc2)CC1)c1ccccc1. The van der Waals surface area contributed by atoms with Crippen molar-refractivity contribution in [2.45, 2.75) is 25.5 Å². The highest BCUT2D eigenvalue weighted by atomic mass is 32.1. The van der Waals surface area contributed by atoms with Crippen LogP contribution >= 0.6 is 11.3 Å². The lowest BCUT2D eigenvalue weighted by molar-refractivity contribution is 0.0700. The van der Waals surface area contributed by atoms with Crippen LogP contribution < -0.4 is 10.1 Å². The molecule has 5 nitrogen and oxygen atoms in total. The Labute approximate surface area is 207 Å². The number of carbonyl (C=O) groups is 2. The van der Waals surface area contributed by atoms with Gasteiger partial charge in [0.2, 0.25) is 0 Å². The second kappa shape index (κ2) is 10.3. The molecule has 4 aromatic rings. The van der Waals surface area contributed by atoms with Crippen LogP contribution in [0.15, 0.2) is 78.9 Å². The number of rotatable bonds is 6. The highest BCUT2D eigenvalue weighted by Crippen LogP contribution is 2.35. The van der Waals surface area contributed by atoms with Crippen molar-refractivity contribution in [3.05, 3.63) is 101 Å². The molecule has 1 saturated heterocycles. The lowest BCUT2D eigenvalue weighted by Gasteiger charge is -2.32. The van der Waals surface area contributed by atoms with E-state index < -0.39 is 0 Å². The Morgan fingerprint density at radius 2 is 1.63 bits per heavy atom. The fourth-order valence-electron chi connectivity index (χ4n) is 4.38. The number of benzene rings is 3. The highest BCUT2D eigenvalue weighted by molar-refractivity contribution is 7.21. The highest BCUT2D eigenvalue weighted by Gasteiger charge is 2.29. The molecule has 1 fully saturated rings. The lowest BCUT2D eigenvalue weighted by atomic mass is 10.0. The summed E-state index contributed by atoms with van der Waals surface area (Å²) in [4.78, 5) is 28.3. The summed E-state index contributed by atoms with van der Waals surface area (Å²) in [7, 11) is 0. The molecule has 0 unspecified atom stereocenters. The number of fused-ring (bicyclic) bond motifs is 1. The van der Waals surface area contributed by atoms with Crippen LogP contribution in [0, 0.1) is 5.82 Å². The predicted octanol–water partition coefficient (Wildman–Crippen LogP) is 5.65. The number of hydrogen-bond donors (Lipinski definition) is 1. The Morgan fingerprint density at radius 3 is 2.34 bits per heavy atom. The molecule has 1 aliphatic rings. The van der Waals surface area contributed by atoms with E-state index >= 15 is 0 Å². The van der Waals surface area contributed by atoms with E-state index in [4.69, 9.17) is 4.74 Å². The predicted molar refractivity (Wildman–Crippen MR) is 135 cm³/mol. The van der Waals surface area contributed by atoms with Gasteiger partial charge in [0.05, 0.1) is 4.88 Å². The summed E-state index contributed by atoms with van der Waals surface area (Å²) in [5, 5.41) is 3.52. The molecule has 1 N–H and O–H groups in total. The van der Waals surface area contributed by atoms with Crippen LogP contribution in [0.25, 0.3) is 10.1 Å². The normalized spacial score (nSPS) is 14.1. The van der Waals surface area contributed by atoms with Gasteiger partial charge in [0.25, 0.3) is 11.8 Å². The molecule has 0 bridgehead atoms. The van der Waals surface area contributed by atoms with Crippen molar-refractivity contribution in [3.63, 3.8) is 0 Å². The minimum absolute atomic E-state index is 0.00694. The Hall–Kier alpha value is -3.71. The van der Waals surface area contributed by atoms with E-state index in [0.717, 1.165) is 4.70 Å². The maximum absolute atomic E-state index is 14.8. The summed E-state index contributed by atoms with van der Waals surface area (Å²) in [5.41, 5.74) is 1.21. The number of carbonyl (C=O) groups excluding carboxylic acids is 2. The van der Waals surface area contributed by atoms with Crippen LogP contribution in [0.2, 0.25) is 0 Å². The Balaban J connectivity index is 1.31. The lowest BCUT2D eigenvalue weighted by Crippen LogP contribution is -2.46. The molecular formula is C28H25FN2O3S. The maximum atomic E-state index is 14.8. The van der Waals surface area contributed by atoms with Gasteiger partial charge in [-0.2, -0.15) is 0 Å². The second-order valence-electron chi connectivity index (χ2n) is 8.53. The fourth-order valence-corrected chi connectivity index (χ4v) is 5.57. The largest absolute Gasteiger partial charge is 0.489 e. The number of hydrogen-bond acceptors (Lipinski definition) is 4. The summed E-state index contributed by atoms with van der Waals surface area (Å²) >= 11 is 1.30. The van der Waals surface area contributed by atoms with E-state index in [1.807, 2.05) is 54.6 Å². The maximum Gasteiger partial charge on any atom is 0.264 e. The molecule has 1 aliphatic heterocycles. The summed E-state index contributed by atoms with van der Waals surface area (Å²) in [5.74, 6) is 0.0872.